The molecule has 110 valence electrons. The summed E-state index contributed by atoms with van der Waals surface area (Å²) in [5, 5.41) is 12.9. The Morgan fingerprint density at radius 3 is 2.67 bits per heavy atom. The van der Waals surface area contributed by atoms with E-state index in [0.717, 1.165) is 35.7 Å². The van der Waals surface area contributed by atoms with Gasteiger partial charge in [0.25, 0.3) is 0 Å². The van der Waals surface area contributed by atoms with Gasteiger partial charge in [-0.3, -0.25) is 14.0 Å². The highest BCUT2D eigenvalue weighted by Gasteiger charge is 2.41. The Kier molecular flexibility index (Phi) is 2.49. The standard InChI is InChI=1S/C14H18N6O/c1-8-11(6-15-18(8)3)13-17-16-12-7-19(10-4-5-10)14(21)9(2)20(12)13/h6,9-10H,4-5,7H2,1-3H3. The van der Waals surface area contributed by atoms with E-state index in [2.05, 4.69) is 15.3 Å². The van der Waals surface area contributed by atoms with E-state index in [-0.39, 0.29) is 11.9 Å². The second-order valence-corrected chi connectivity index (χ2v) is 5.95. The summed E-state index contributed by atoms with van der Waals surface area (Å²) in [6.07, 6.45) is 4.01. The minimum absolute atomic E-state index is 0.174. The molecule has 21 heavy (non-hydrogen) atoms. The minimum atomic E-state index is -0.251. The van der Waals surface area contributed by atoms with Crippen molar-refractivity contribution in [2.75, 3.05) is 0 Å². The molecule has 1 aliphatic carbocycles. The van der Waals surface area contributed by atoms with Crippen LogP contribution < -0.4 is 0 Å². The molecule has 0 saturated heterocycles. The fourth-order valence-corrected chi connectivity index (χ4v) is 3.02. The van der Waals surface area contributed by atoms with Crippen LogP contribution in [0.15, 0.2) is 6.20 Å². The molecule has 0 radical (unpaired) electrons. The fraction of sp³-hybridized carbons (Fsp3) is 0.571. The smallest absolute Gasteiger partial charge is 0.246 e. The minimum Gasteiger partial charge on any atom is -0.330 e. The SMILES string of the molecule is Cc1c(-c2nnc3n2C(C)C(=O)N(C2CC2)C3)cnn1C. The lowest BCUT2D eigenvalue weighted by Gasteiger charge is -2.32. The maximum Gasteiger partial charge on any atom is 0.246 e. The van der Waals surface area contributed by atoms with Crippen LogP contribution in [0.3, 0.4) is 0 Å². The number of carbonyl (C=O) groups is 1. The number of amides is 1. The molecule has 2 aromatic rings. The Labute approximate surface area is 122 Å². The van der Waals surface area contributed by atoms with Crippen molar-refractivity contribution in [2.45, 2.75) is 45.3 Å². The van der Waals surface area contributed by atoms with Crippen LogP contribution in [0.2, 0.25) is 0 Å². The second kappa shape index (κ2) is 4.16. The Morgan fingerprint density at radius 1 is 1.29 bits per heavy atom. The highest BCUT2D eigenvalue weighted by molar-refractivity contribution is 5.82. The van der Waals surface area contributed by atoms with E-state index in [1.54, 1.807) is 6.20 Å². The lowest BCUT2D eigenvalue weighted by molar-refractivity contribution is -0.137. The molecule has 1 unspecified atom stereocenters. The first-order valence-electron chi connectivity index (χ1n) is 7.31. The number of rotatable bonds is 2. The van der Waals surface area contributed by atoms with Crippen molar-refractivity contribution in [2.24, 2.45) is 7.05 Å². The van der Waals surface area contributed by atoms with Gasteiger partial charge in [0.05, 0.1) is 18.3 Å². The van der Waals surface area contributed by atoms with Crippen molar-refractivity contribution < 1.29 is 4.79 Å². The lowest BCUT2D eigenvalue weighted by atomic mass is 10.1. The van der Waals surface area contributed by atoms with Crippen molar-refractivity contribution in [1.29, 1.82) is 0 Å². The van der Waals surface area contributed by atoms with Crippen LogP contribution in [0.5, 0.6) is 0 Å². The summed E-state index contributed by atoms with van der Waals surface area (Å²) in [5.74, 6) is 1.78. The Hall–Kier alpha value is -2.18. The fourth-order valence-electron chi connectivity index (χ4n) is 3.02. The normalized spacial score (nSPS) is 21.8. The first-order chi connectivity index (χ1) is 10.1. The summed E-state index contributed by atoms with van der Waals surface area (Å²) in [5.41, 5.74) is 1.96. The largest absolute Gasteiger partial charge is 0.330 e. The monoisotopic (exact) mass is 286 g/mol. The van der Waals surface area contributed by atoms with Gasteiger partial charge in [-0.1, -0.05) is 0 Å². The number of aryl methyl sites for hydroxylation is 1. The summed E-state index contributed by atoms with van der Waals surface area (Å²) in [7, 11) is 1.90. The molecule has 1 fully saturated rings. The van der Waals surface area contributed by atoms with E-state index in [0.29, 0.717) is 12.6 Å². The van der Waals surface area contributed by atoms with Crippen LogP contribution in [0.4, 0.5) is 0 Å². The molecular weight excluding hydrogens is 268 g/mol. The Morgan fingerprint density at radius 2 is 2.05 bits per heavy atom. The van der Waals surface area contributed by atoms with E-state index < -0.39 is 0 Å². The highest BCUT2D eigenvalue weighted by atomic mass is 16.2. The van der Waals surface area contributed by atoms with Crippen LogP contribution in [0.1, 0.15) is 37.3 Å². The van der Waals surface area contributed by atoms with Crippen LogP contribution in [0, 0.1) is 6.92 Å². The molecule has 2 aromatic heterocycles. The number of hydrogen-bond acceptors (Lipinski definition) is 4. The van der Waals surface area contributed by atoms with Crippen LogP contribution in [-0.2, 0) is 18.4 Å². The molecule has 0 N–H and O–H groups in total. The topological polar surface area (TPSA) is 68.8 Å². The molecule has 1 aliphatic heterocycles. The van der Waals surface area contributed by atoms with E-state index in [1.807, 2.05) is 35.0 Å². The molecule has 0 spiro atoms. The molecule has 7 nitrogen and oxygen atoms in total. The van der Waals surface area contributed by atoms with E-state index >= 15 is 0 Å². The van der Waals surface area contributed by atoms with Gasteiger partial charge in [0.2, 0.25) is 5.91 Å². The Bertz CT molecular complexity index is 726. The molecule has 4 rings (SSSR count). The lowest BCUT2D eigenvalue weighted by Crippen LogP contribution is -2.43. The molecule has 2 aliphatic rings. The van der Waals surface area contributed by atoms with Crippen LogP contribution in [0.25, 0.3) is 11.4 Å². The summed E-state index contributed by atoms with van der Waals surface area (Å²) in [6, 6.07) is 0.160. The second-order valence-electron chi connectivity index (χ2n) is 5.95. The van der Waals surface area contributed by atoms with Crippen molar-refractivity contribution in [3.63, 3.8) is 0 Å². The number of carbonyl (C=O) groups excluding carboxylic acids is 1. The van der Waals surface area contributed by atoms with Crippen molar-refractivity contribution >= 4 is 5.91 Å². The van der Waals surface area contributed by atoms with Crippen molar-refractivity contribution in [3.05, 3.63) is 17.7 Å². The van der Waals surface area contributed by atoms with Gasteiger partial charge < -0.3 is 4.90 Å². The molecular formula is C14H18N6O. The first-order valence-corrected chi connectivity index (χ1v) is 7.31. The average molecular weight is 286 g/mol. The average Bonchev–Trinajstić information content (AvgIpc) is 3.15. The van der Waals surface area contributed by atoms with Gasteiger partial charge >= 0.3 is 0 Å². The van der Waals surface area contributed by atoms with Crippen molar-refractivity contribution in [3.8, 4) is 11.4 Å². The predicted molar refractivity (Wildman–Crippen MR) is 75.2 cm³/mol. The molecule has 1 atom stereocenters. The number of nitrogens with zero attached hydrogens (tertiary/aromatic N) is 6. The van der Waals surface area contributed by atoms with Gasteiger partial charge in [-0.15, -0.1) is 10.2 Å². The number of fused-ring (bicyclic) bond motifs is 1. The molecule has 1 amide bonds. The van der Waals surface area contributed by atoms with E-state index in [1.165, 1.54) is 0 Å². The van der Waals surface area contributed by atoms with Gasteiger partial charge in [-0.2, -0.15) is 5.10 Å². The van der Waals surface area contributed by atoms with E-state index in [4.69, 9.17) is 0 Å². The summed E-state index contributed by atoms with van der Waals surface area (Å²) < 4.78 is 3.77. The molecule has 1 saturated carbocycles. The highest BCUT2D eigenvalue weighted by Crippen LogP contribution is 2.35. The zero-order valence-electron chi connectivity index (χ0n) is 12.4. The quantitative estimate of drug-likeness (QED) is 0.827. The van der Waals surface area contributed by atoms with Gasteiger partial charge in [-0.25, -0.2) is 0 Å². The van der Waals surface area contributed by atoms with Crippen molar-refractivity contribution in [1.82, 2.24) is 29.4 Å². The number of hydrogen-bond donors (Lipinski definition) is 0. The van der Waals surface area contributed by atoms with Crippen LogP contribution >= 0.6 is 0 Å². The first kappa shape index (κ1) is 12.6. The summed E-state index contributed by atoms with van der Waals surface area (Å²) >= 11 is 0. The zero-order chi connectivity index (χ0) is 14.7. The summed E-state index contributed by atoms with van der Waals surface area (Å²) in [4.78, 5) is 14.5. The third-order valence-corrected chi connectivity index (χ3v) is 4.57. The van der Waals surface area contributed by atoms with Gasteiger partial charge in [0.1, 0.15) is 6.04 Å². The molecule has 0 bridgehead atoms. The maximum atomic E-state index is 12.6. The van der Waals surface area contributed by atoms with Gasteiger partial charge in [0, 0.05) is 18.8 Å². The van der Waals surface area contributed by atoms with Crippen LogP contribution in [-0.4, -0.2) is 41.4 Å². The van der Waals surface area contributed by atoms with Gasteiger partial charge in [0.15, 0.2) is 11.6 Å². The van der Waals surface area contributed by atoms with E-state index in [9.17, 15) is 4.79 Å². The summed E-state index contributed by atoms with van der Waals surface area (Å²) in [6.45, 7) is 4.49. The third kappa shape index (κ3) is 1.73. The Balaban J connectivity index is 1.80. The molecule has 7 heteroatoms. The van der Waals surface area contributed by atoms with Gasteiger partial charge in [-0.05, 0) is 26.7 Å². The third-order valence-electron chi connectivity index (χ3n) is 4.57. The maximum absolute atomic E-state index is 12.6. The zero-order valence-corrected chi connectivity index (χ0v) is 12.4. The predicted octanol–water partition coefficient (Wildman–Crippen LogP) is 1.05. The number of aromatic nitrogens is 5. The molecule has 3 heterocycles. The molecule has 0 aromatic carbocycles.